The number of amides is 1. The summed E-state index contributed by atoms with van der Waals surface area (Å²) in [6.07, 6.45) is 0.656. The molecule has 0 saturated heterocycles. The highest BCUT2D eigenvalue weighted by atomic mass is 32.2. The molecule has 0 fully saturated rings. The lowest BCUT2D eigenvalue weighted by Crippen LogP contribution is -2.32. The van der Waals surface area contributed by atoms with Gasteiger partial charge in [-0.1, -0.05) is 13.0 Å². The molecule has 2 aromatic carbocycles. The van der Waals surface area contributed by atoms with E-state index in [0.29, 0.717) is 17.7 Å². The molecule has 0 heterocycles. The Labute approximate surface area is 147 Å². The van der Waals surface area contributed by atoms with Crippen LogP contribution in [0.4, 0.5) is 10.1 Å². The van der Waals surface area contributed by atoms with E-state index in [9.17, 15) is 17.6 Å². The Morgan fingerprint density at radius 3 is 2.56 bits per heavy atom. The fraction of sp³-hybridized carbons (Fsp3) is 0.278. The summed E-state index contributed by atoms with van der Waals surface area (Å²) in [7, 11) is -3.69. The van der Waals surface area contributed by atoms with Crippen LogP contribution in [0.5, 0.6) is 0 Å². The largest absolute Gasteiger partial charge is 0.322 e. The molecule has 7 heteroatoms. The van der Waals surface area contributed by atoms with E-state index in [-0.39, 0.29) is 22.3 Å². The lowest BCUT2D eigenvalue weighted by atomic mass is 10.2. The number of hydrogen-bond donors (Lipinski definition) is 2. The average Bonchev–Trinajstić information content (AvgIpc) is 2.57. The van der Waals surface area contributed by atoms with Crippen LogP contribution in [0, 0.1) is 12.7 Å². The van der Waals surface area contributed by atoms with Crippen LogP contribution in [-0.2, 0) is 10.0 Å². The molecule has 0 aliphatic rings. The van der Waals surface area contributed by atoms with Gasteiger partial charge >= 0.3 is 0 Å². The van der Waals surface area contributed by atoms with Gasteiger partial charge in [0.2, 0.25) is 10.0 Å². The predicted molar refractivity (Wildman–Crippen MR) is 95.6 cm³/mol. The van der Waals surface area contributed by atoms with Gasteiger partial charge in [0.15, 0.2) is 0 Å². The van der Waals surface area contributed by atoms with Gasteiger partial charge in [-0.25, -0.2) is 17.5 Å². The number of hydrogen-bond acceptors (Lipinski definition) is 3. The van der Waals surface area contributed by atoms with Crippen LogP contribution in [-0.4, -0.2) is 20.4 Å². The zero-order valence-electron chi connectivity index (χ0n) is 14.3. The van der Waals surface area contributed by atoms with Crippen LogP contribution in [0.1, 0.15) is 36.2 Å². The van der Waals surface area contributed by atoms with Gasteiger partial charge in [0.1, 0.15) is 5.82 Å². The molecule has 5 nitrogen and oxygen atoms in total. The lowest BCUT2D eigenvalue weighted by molar-refractivity contribution is 0.102. The number of nitrogens with one attached hydrogen (secondary N) is 2. The molecule has 0 unspecified atom stereocenters. The van der Waals surface area contributed by atoms with Crippen LogP contribution in [0.2, 0.25) is 0 Å². The zero-order chi connectivity index (χ0) is 18.6. The maximum atomic E-state index is 13.3. The third-order valence-electron chi connectivity index (χ3n) is 3.79. The van der Waals surface area contributed by atoms with Gasteiger partial charge in [0.05, 0.1) is 4.90 Å². The first-order valence-electron chi connectivity index (χ1n) is 7.93. The summed E-state index contributed by atoms with van der Waals surface area (Å²) in [5.74, 6) is -0.825. The van der Waals surface area contributed by atoms with Crippen molar-refractivity contribution in [1.29, 1.82) is 0 Å². The molecule has 0 spiro atoms. The SMILES string of the molecule is CC[C@@H](C)NS(=O)(=O)c1cccc(C(=O)Nc2ccc(F)c(C)c2)c1. The van der Waals surface area contributed by atoms with E-state index in [1.807, 2.05) is 6.92 Å². The van der Waals surface area contributed by atoms with Crippen molar-refractivity contribution in [2.24, 2.45) is 0 Å². The summed E-state index contributed by atoms with van der Waals surface area (Å²) >= 11 is 0. The normalized spacial score (nSPS) is 12.6. The Hall–Kier alpha value is -2.25. The second kappa shape index (κ2) is 7.76. The van der Waals surface area contributed by atoms with Crippen molar-refractivity contribution in [2.45, 2.75) is 38.1 Å². The molecule has 2 rings (SSSR count). The van der Waals surface area contributed by atoms with Gasteiger partial charge in [-0.05, 0) is 62.2 Å². The van der Waals surface area contributed by atoms with Crippen molar-refractivity contribution in [1.82, 2.24) is 4.72 Å². The predicted octanol–water partition coefficient (Wildman–Crippen LogP) is 3.46. The minimum Gasteiger partial charge on any atom is -0.322 e. The monoisotopic (exact) mass is 364 g/mol. The van der Waals surface area contributed by atoms with Crippen molar-refractivity contribution in [3.05, 3.63) is 59.4 Å². The fourth-order valence-electron chi connectivity index (χ4n) is 2.15. The Bertz CT molecular complexity index is 882. The number of carbonyl (C=O) groups is 1. The van der Waals surface area contributed by atoms with Crippen molar-refractivity contribution in [3.63, 3.8) is 0 Å². The van der Waals surface area contributed by atoms with E-state index in [4.69, 9.17) is 0 Å². The maximum absolute atomic E-state index is 13.3. The second-order valence-electron chi connectivity index (χ2n) is 5.88. The number of halogens is 1. The summed E-state index contributed by atoms with van der Waals surface area (Å²) < 4.78 is 40.5. The molecule has 0 aliphatic carbocycles. The van der Waals surface area contributed by atoms with Gasteiger partial charge in [-0.3, -0.25) is 4.79 Å². The lowest BCUT2D eigenvalue weighted by Gasteiger charge is -2.13. The quantitative estimate of drug-likeness (QED) is 0.824. The number of aryl methyl sites for hydroxylation is 1. The van der Waals surface area contributed by atoms with Crippen LogP contribution < -0.4 is 10.0 Å². The number of carbonyl (C=O) groups excluding carboxylic acids is 1. The number of sulfonamides is 1. The molecule has 1 atom stereocenters. The number of benzene rings is 2. The van der Waals surface area contributed by atoms with Crippen LogP contribution in [0.3, 0.4) is 0 Å². The molecule has 0 aliphatic heterocycles. The molecular weight excluding hydrogens is 343 g/mol. The molecule has 2 aromatic rings. The number of anilines is 1. The Morgan fingerprint density at radius 2 is 1.92 bits per heavy atom. The molecule has 0 radical (unpaired) electrons. The molecule has 2 N–H and O–H groups in total. The van der Waals surface area contributed by atoms with Crippen LogP contribution in [0.15, 0.2) is 47.4 Å². The average molecular weight is 364 g/mol. The highest BCUT2D eigenvalue weighted by Gasteiger charge is 2.18. The molecule has 134 valence electrons. The number of rotatable bonds is 6. The summed E-state index contributed by atoms with van der Waals surface area (Å²) in [5, 5.41) is 2.64. The van der Waals surface area contributed by atoms with Gasteiger partial charge in [0, 0.05) is 17.3 Å². The first-order valence-corrected chi connectivity index (χ1v) is 9.41. The fourth-order valence-corrected chi connectivity index (χ4v) is 3.52. The van der Waals surface area contributed by atoms with Gasteiger partial charge < -0.3 is 5.32 Å². The van der Waals surface area contributed by atoms with E-state index in [2.05, 4.69) is 10.0 Å². The van der Waals surface area contributed by atoms with E-state index in [1.165, 1.54) is 42.5 Å². The molecule has 1 amide bonds. The summed E-state index contributed by atoms with van der Waals surface area (Å²) in [6.45, 7) is 5.24. The third kappa shape index (κ3) is 4.87. The standard InChI is InChI=1S/C18H21FN2O3S/c1-4-13(3)21-25(23,24)16-7-5-6-14(11-16)18(22)20-15-8-9-17(19)12(2)10-15/h5-11,13,21H,4H2,1-3H3,(H,20,22)/t13-/m1/s1. The zero-order valence-corrected chi connectivity index (χ0v) is 15.2. The molecule has 0 aromatic heterocycles. The van der Waals surface area contributed by atoms with Crippen molar-refractivity contribution in [2.75, 3.05) is 5.32 Å². The summed E-state index contributed by atoms with van der Waals surface area (Å²) in [5.41, 5.74) is 1.05. The highest BCUT2D eigenvalue weighted by Crippen LogP contribution is 2.17. The maximum Gasteiger partial charge on any atom is 0.255 e. The Kier molecular flexibility index (Phi) is 5.92. The van der Waals surface area contributed by atoms with Crippen molar-refractivity contribution < 1.29 is 17.6 Å². The van der Waals surface area contributed by atoms with Gasteiger partial charge in [-0.15, -0.1) is 0 Å². The second-order valence-corrected chi connectivity index (χ2v) is 7.59. The minimum atomic E-state index is -3.69. The van der Waals surface area contributed by atoms with Crippen molar-refractivity contribution >= 4 is 21.6 Å². The van der Waals surface area contributed by atoms with E-state index >= 15 is 0 Å². The molecule has 0 bridgehead atoms. The summed E-state index contributed by atoms with van der Waals surface area (Å²) in [6, 6.07) is 9.81. The summed E-state index contributed by atoms with van der Waals surface area (Å²) in [4.78, 5) is 12.4. The highest BCUT2D eigenvalue weighted by molar-refractivity contribution is 7.89. The van der Waals surface area contributed by atoms with Gasteiger partial charge in [-0.2, -0.15) is 0 Å². The molecule has 0 saturated carbocycles. The Morgan fingerprint density at radius 1 is 1.20 bits per heavy atom. The van der Waals surface area contributed by atoms with E-state index in [0.717, 1.165) is 0 Å². The molecular formula is C18H21FN2O3S. The van der Waals surface area contributed by atoms with Crippen molar-refractivity contribution in [3.8, 4) is 0 Å². The van der Waals surface area contributed by atoms with Crippen LogP contribution >= 0.6 is 0 Å². The minimum absolute atomic E-state index is 0.0238. The first kappa shape index (κ1) is 19.1. The van der Waals surface area contributed by atoms with E-state index < -0.39 is 15.9 Å². The topological polar surface area (TPSA) is 75.3 Å². The third-order valence-corrected chi connectivity index (χ3v) is 5.38. The first-order chi connectivity index (χ1) is 11.7. The molecule has 25 heavy (non-hydrogen) atoms. The smallest absolute Gasteiger partial charge is 0.255 e. The van der Waals surface area contributed by atoms with Gasteiger partial charge in [0.25, 0.3) is 5.91 Å². The van der Waals surface area contributed by atoms with Crippen LogP contribution in [0.25, 0.3) is 0 Å². The Balaban J connectivity index is 2.22. The van der Waals surface area contributed by atoms with E-state index in [1.54, 1.807) is 13.8 Å².